The van der Waals surface area contributed by atoms with E-state index in [0.29, 0.717) is 21.7 Å². The summed E-state index contributed by atoms with van der Waals surface area (Å²) < 4.78 is 1.50. The molecule has 0 spiro atoms. The van der Waals surface area contributed by atoms with Crippen molar-refractivity contribution in [2.24, 2.45) is 0 Å². The van der Waals surface area contributed by atoms with Crippen molar-refractivity contribution < 1.29 is 9.59 Å². The second-order valence-electron chi connectivity index (χ2n) is 6.22. The SMILES string of the molecule is CNC(=O)NC(=O)[C@H](C)Sc1nc2ccccc2c(=O)n1-c1ccc(C)cc1. The number of urea groups is 1. The predicted molar refractivity (Wildman–Crippen MR) is 110 cm³/mol. The van der Waals surface area contributed by atoms with Gasteiger partial charge < -0.3 is 5.32 Å². The molecule has 0 fully saturated rings. The predicted octanol–water partition coefficient (Wildman–Crippen LogP) is 2.63. The lowest BCUT2D eigenvalue weighted by molar-refractivity contribution is -0.119. The number of imide groups is 1. The number of carbonyl (C=O) groups excluding carboxylic acids is 2. The number of thioether (sulfide) groups is 1. The van der Waals surface area contributed by atoms with Crippen molar-refractivity contribution in [2.45, 2.75) is 24.3 Å². The second-order valence-corrected chi connectivity index (χ2v) is 7.52. The molecule has 144 valence electrons. The Hall–Kier alpha value is -3.13. The molecule has 3 aromatic rings. The second kappa shape index (κ2) is 8.26. The fourth-order valence-electron chi connectivity index (χ4n) is 2.60. The number of fused-ring (bicyclic) bond motifs is 1. The Kier molecular flexibility index (Phi) is 5.79. The van der Waals surface area contributed by atoms with Gasteiger partial charge in [-0.05, 0) is 38.1 Å². The molecule has 0 radical (unpaired) electrons. The number of aryl methyl sites for hydroxylation is 1. The van der Waals surface area contributed by atoms with E-state index >= 15 is 0 Å². The lowest BCUT2D eigenvalue weighted by atomic mass is 10.2. The van der Waals surface area contributed by atoms with Crippen LogP contribution >= 0.6 is 11.8 Å². The molecule has 8 heteroatoms. The summed E-state index contributed by atoms with van der Waals surface area (Å²) in [5.41, 5.74) is 2.07. The number of nitrogens with one attached hydrogen (secondary N) is 2. The number of para-hydroxylation sites is 1. The van der Waals surface area contributed by atoms with Crippen LogP contribution in [-0.2, 0) is 4.79 Å². The van der Waals surface area contributed by atoms with Crippen molar-refractivity contribution in [2.75, 3.05) is 7.05 Å². The van der Waals surface area contributed by atoms with Crippen LogP contribution < -0.4 is 16.2 Å². The molecule has 1 heterocycles. The number of hydrogen-bond donors (Lipinski definition) is 2. The summed E-state index contributed by atoms with van der Waals surface area (Å²) in [5.74, 6) is -0.470. The maximum absolute atomic E-state index is 13.2. The van der Waals surface area contributed by atoms with E-state index in [1.165, 1.54) is 11.6 Å². The number of benzene rings is 2. The van der Waals surface area contributed by atoms with E-state index in [2.05, 4.69) is 15.6 Å². The molecule has 3 rings (SSSR count). The van der Waals surface area contributed by atoms with Crippen LogP contribution in [0.15, 0.2) is 58.5 Å². The van der Waals surface area contributed by atoms with E-state index in [9.17, 15) is 14.4 Å². The van der Waals surface area contributed by atoms with Crippen LogP contribution in [0.1, 0.15) is 12.5 Å². The third-order valence-corrected chi connectivity index (χ3v) is 5.20. The van der Waals surface area contributed by atoms with Crippen LogP contribution in [0.3, 0.4) is 0 Å². The molecule has 0 aliphatic rings. The lowest BCUT2D eigenvalue weighted by Crippen LogP contribution is -2.41. The monoisotopic (exact) mass is 396 g/mol. The third-order valence-electron chi connectivity index (χ3n) is 4.15. The lowest BCUT2D eigenvalue weighted by Gasteiger charge is -2.16. The fraction of sp³-hybridized carbons (Fsp3) is 0.200. The molecule has 0 saturated carbocycles. The summed E-state index contributed by atoms with van der Waals surface area (Å²) in [6, 6.07) is 14.0. The summed E-state index contributed by atoms with van der Waals surface area (Å²) in [5, 5.41) is 4.82. The van der Waals surface area contributed by atoms with Gasteiger partial charge in [-0.1, -0.05) is 41.6 Å². The summed E-state index contributed by atoms with van der Waals surface area (Å²) in [4.78, 5) is 41.4. The molecular formula is C20H20N4O3S. The van der Waals surface area contributed by atoms with Crippen LogP contribution in [-0.4, -0.2) is 33.8 Å². The maximum atomic E-state index is 13.2. The van der Waals surface area contributed by atoms with E-state index in [1.807, 2.05) is 31.2 Å². The summed E-state index contributed by atoms with van der Waals surface area (Å²) >= 11 is 1.12. The Bertz CT molecular complexity index is 1090. The highest BCUT2D eigenvalue weighted by Gasteiger charge is 2.21. The number of carbonyl (C=O) groups is 2. The van der Waals surface area contributed by atoms with Crippen molar-refractivity contribution in [3.05, 3.63) is 64.4 Å². The molecule has 1 aromatic heterocycles. The fourth-order valence-corrected chi connectivity index (χ4v) is 3.53. The van der Waals surface area contributed by atoms with Gasteiger partial charge in [-0.15, -0.1) is 0 Å². The van der Waals surface area contributed by atoms with Crippen LogP contribution in [0.4, 0.5) is 4.79 Å². The summed E-state index contributed by atoms with van der Waals surface area (Å²) in [6.45, 7) is 3.62. The van der Waals surface area contributed by atoms with Gasteiger partial charge in [0, 0.05) is 7.05 Å². The number of rotatable bonds is 4. The average Bonchev–Trinajstić information content (AvgIpc) is 2.69. The summed E-state index contributed by atoms with van der Waals surface area (Å²) in [7, 11) is 1.43. The summed E-state index contributed by atoms with van der Waals surface area (Å²) in [6.07, 6.45) is 0. The van der Waals surface area contributed by atoms with Gasteiger partial charge in [0.05, 0.1) is 21.8 Å². The zero-order valence-electron chi connectivity index (χ0n) is 15.7. The van der Waals surface area contributed by atoms with E-state index < -0.39 is 17.2 Å². The molecule has 0 aliphatic heterocycles. The van der Waals surface area contributed by atoms with Crippen LogP contribution in [0.25, 0.3) is 16.6 Å². The number of nitrogens with zero attached hydrogens (tertiary/aromatic N) is 2. The van der Waals surface area contributed by atoms with Crippen LogP contribution in [0.2, 0.25) is 0 Å². The Morgan fingerprint density at radius 3 is 2.46 bits per heavy atom. The molecular weight excluding hydrogens is 376 g/mol. The Morgan fingerprint density at radius 2 is 1.79 bits per heavy atom. The van der Waals surface area contributed by atoms with Gasteiger partial charge in [0.2, 0.25) is 5.91 Å². The van der Waals surface area contributed by atoms with Gasteiger partial charge in [0.15, 0.2) is 5.16 Å². The quantitative estimate of drug-likeness (QED) is 0.522. The topological polar surface area (TPSA) is 93.1 Å². The van der Waals surface area contributed by atoms with Crippen molar-refractivity contribution in [3.63, 3.8) is 0 Å². The Morgan fingerprint density at radius 1 is 1.11 bits per heavy atom. The highest BCUT2D eigenvalue weighted by atomic mass is 32.2. The van der Waals surface area contributed by atoms with E-state index in [4.69, 9.17) is 0 Å². The molecule has 0 unspecified atom stereocenters. The zero-order valence-corrected chi connectivity index (χ0v) is 16.5. The van der Waals surface area contributed by atoms with E-state index in [-0.39, 0.29) is 5.56 Å². The molecule has 2 N–H and O–H groups in total. The minimum atomic E-state index is -0.637. The largest absolute Gasteiger partial charge is 0.341 e. The van der Waals surface area contributed by atoms with E-state index in [0.717, 1.165) is 17.3 Å². The smallest absolute Gasteiger partial charge is 0.321 e. The van der Waals surface area contributed by atoms with Crippen LogP contribution in [0.5, 0.6) is 0 Å². The number of hydrogen-bond acceptors (Lipinski definition) is 5. The highest BCUT2D eigenvalue weighted by molar-refractivity contribution is 8.00. The van der Waals surface area contributed by atoms with Crippen molar-refractivity contribution in [1.82, 2.24) is 20.2 Å². The normalized spacial score (nSPS) is 11.8. The Balaban J connectivity index is 2.08. The van der Waals surface area contributed by atoms with Gasteiger partial charge in [-0.2, -0.15) is 0 Å². The average molecular weight is 396 g/mol. The van der Waals surface area contributed by atoms with E-state index in [1.54, 1.807) is 31.2 Å². The Labute approximate surface area is 166 Å². The first kappa shape index (κ1) is 19.6. The maximum Gasteiger partial charge on any atom is 0.321 e. The van der Waals surface area contributed by atoms with Crippen LogP contribution in [0, 0.1) is 6.92 Å². The molecule has 0 bridgehead atoms. The molecule has 1 atom stereocenters. The van der Waals surface area contributed by atoms with Gasteiger partial charge >= 0.3 is 6.03 Å². The van der Waals surface area contributed by atoms with Crippen molar-refractivity contribution in [1.29, 1.82) is 0 Å². The first-order valence-electron chi connectivity index (χ1n) is 8.68. The van der Waals surface area contributed by atoms with Gasteiger partial charge in [0.25, 0.3) is 5.56 Å². The van der Waals surface area contributed by atoms with Crippen molar-refractivity contribution in [3.8, 4) is 5.69 Å². The number of amides is 3. The first-order valence-corrected chi connectivity index (χ1v) is 9.56. The molecule has 0 aliphatic carbocycles. The molecule has 0 saturated heterocycles. The molecule has 2 aromatic carbocycles. The zero-order chi connectivity index (χ0) is 20.3. The first-order chi connectivity index (χ1) is 13.4. The molecule has 28 heavy (non-hydrogen) atoms. The standard InChI is InChI=1S/C20H20N4O3S/c1-12-8-10-14(11-9-12)24-18(26)15-6-4-5-7-16(15)22-20(24)28-13(2)17(25)23-19(27)21-3/h4-11,13H,1-3H3,(H2,21,23,25,27)/t13-/m0/s1. The molecule has 7 nitrogen and oxygen atoms in total. The van der Waals surface area contributed by atoms with Crippen molar-refractivity contribution >= 4 is 34.6 Å². The van der Waals surface area contributed by atoms with Gasteiger partial charge in [0.1, 0.15) is 0 Å². The number of aromatic nitrogens is 2. The minimum Gasteiger partial charge on any atom is -0.341 e. The third kappa shape index (κ3) is 4.07. The minimum absolute atomic E-state index is 0.212. The van der Waals surface area contributed by atoms with Gasteiger partial charge in [-0.3, -0.25) is 19.5 Å². The highest BCUT2D eigenvalue weighted by Crippen LogP contribution is 2.25. The molecule has 3 amide bonds. The van der Waals surface area contributed by atoms with Gasteiger partial charge in [-0.25, -0.2) is 9.78 Å².